The minimum atomic E-state index is 0.244. The normalized spacial score (nSPS) is 21.9. The molecule has 1 atom stereocenters. The lowest BCUT2D eigenvalue weighted by atomic mass is 10.1. The van der Waals surface area contributed by atoms with E-state index in [4.69, 9.17) is 18.0 Å². The van der Waals surface area contributed by atoms with Crippen LogP contribution < -0.4 is 5.73 Å². The second-order valence-electron chi connectivity index (χ2n) is 4.39. The summed E-state index contributed by atoms with van der Waals surface area (Å²) >= 11 is 5.03. The van der Waals surface area contributed by atoms with Crippen LogP contribution in [0, 0.1) is 0 Å². The third-order valence-corrected chi connectivity index (χ3v) is 3.76. The molecule has 82 valence electrons. The maximum atomic E-state index is 5.67. The Morgan fingerprint density at radius 3 is 2.21 bits per heavy atom. The quantitative estimate of drug-likeness (QED) is 0.577. The van der Waals surface area contributed by atoms with Crippen molar-refractivity contribution in [1.82, 2.24) is 4.90 Å². The number of hydrogen-bond donors (Lipinski definition) is 1. The Morgan fingerprint density at radius 2 is 1.79 bits per heavy atom. The van der Waals surface area contributed by atoms with E-state index in [1.807, 2.05) is 0 Å². The van der Waals surface area contributed by atoms with Crippen LogP contribution in [0.5, 0.6) is 0 Å². The molecule has 1 rings (SSSR count). The fourth-order valence-corrected chi connectivity index (χ4v) is 2.35. The highest BCUT2D eigenvalue weighted by Crippen LogP contribution is 2.22. The molecule has 0 aliphatic heterocycles. The molecule has 1 saturated carbocycles. The van der Waals surface area contributed by atoms with Gasteiger partial charge in [0.15, 0.2) is 0 Å². The topological polar surface area (TPSA) is 29.3 Å². The smallest absolute Gasteiger partial charge is 0.0899 e. The molecule has 3 heteroatoms. The lowest BCUT2D eigenvalue weighted by Gasteiger charge is -2.31. The van der Waals surface area contributed by atoms with Gasteiger partial charge in [-0.2, -0.15) is 0 Å². The molecule has 0 amide bonds. The fourth-order valence-electron chi connectivity index (χ4n) is 2.18. The maximum absolute atomic E-state index is 5.67. The minimum Gasteiger partial charge on any atom is -0.392 e. The fraction of sp³-hybridized carbons (Fsp3) is 0.909. The van der Waals surface area contributed by atoms with E-state index in [1.165, 1.54) is 38.5 Å². The van der Waals surface area contributed by atoms with Gasteiger partial charge in [-0.25, -0.2) is 0 Å². The van der Waals surface area contributed by atoms with Gasteiger partial charge < -0.3 is 5.73 Å². The zero-order valence-corrected chi connectivity index (χ0v) is 10.1. The summed E-state index contributed by atoms with van der Waals surface area (Å²) in [5.41, 5.74) is 5.67. The maximum Gasteiger partial charge on any atom is 0.0899 e. The third-order valence-electron chi connectivity index (χ3n) is 3.42. The molecule has 0 aromatic carbocycles. The highest BCUT2D eigenvalue weighted by atomic mass is 32.1. The zero-order valence-electron chi connectivity index (χ0n) is 9.33. The molecule has 14 heavy (non-hydrogen) atoms. The summed E-state index contributed by atoms with van der Waals surface area (Å²) in [6, 6.07) is 0.932. The number of rotatable bonds is 3. The van der Waals surface area contributed by atoms with E-state index in [-0.39, 0.29) is 6.04 Å². The van der Waals surface area contributed by atoms with E-state index in [0.717, 1.165) is 0 Å². The zero-order chi connectivity index (χ0) is 10.6. The number of likely N-dealkylation sites (N-methyl/N-ethyl adjacent to an activating group) is 1. The van der Waals surface area contributed by atoms with Crippen LogP contribution in [0.2, 0.25) is 0 Å². The van der Waals surface area contributed by atoms with Gasteiger partial charge in [0.25, 0.3) is 0 Å². The van der Waals surface area contributed by atoms with Crippen molar-refractivity contribution in [3.63, 3.8) is 0 Å². The Labute approximate surface area is 92.8 Å². The van der Waals surface area contributed by atoms with E-state index >= 15 is 0 Å². The second kappa shape index (κ2) is 5.66. The Balaban J connectivity index is 2.48. The molecule has 0 radical (unpaired) electrons. The molecule has 2 nitrogen and oxygen atoms in total. The first-order valence-electron chi connectivity index (χ1n) is 5.64. The van der Waals surface area contributed by atoms with Crippen LogP contribution in [-0.4, -0.2) is 29.0 Å². The average Bonchev–Trinajstić information content (AvgIpc) is 2.43. The molecule has 0 spiro atoms. The van der Waals surface area contributed by atoms with E-state index < -0.39 is 0 Å². The third kappa shape index (κ3) is 3.21. The first-order valence-corrected chi connectivity index (χ1v) is 6.05. The van der Waals surface area contributed by atoms with Crippen LogP contribution >= 0.6 is 12.2 Å². The number of nitrogens with two attached hydrogens (primary N) is 1. The van der Waals surface area contributed by atoms with Crippen LogP contribution in [-0.2, 0) is 0 Å². The molecule has 0 bridgehead atoms. The largest absolute Gasteiger partial charge is 0.392 e. The standard InChI is InChI=1S/C11H22N2S/c1-9(11(12)14)13(2)10-7-5-3-4-6-8-10/h9-10H,3-8H2,1-2H3,(H2,12,14). The van der Waals surface area contributed by atoms with Crippen molar-refractivity contribution in [2.24, 2.45) is 5.73 Å². The summed E-state index contributed by atoms with van der Waals surface area (Å²) in [4.78, 5) is 2.98. The van der Waals surface area contributed by atoms with Crippen molar-refractivity contribution in [3.8, 4) is 0 Å². The van der Waals surface area contributed by atoms with Gasteiger partial charge in [-0.1, -0.05) is 37.9 Å². The first kappa shape index (κ1) is 11.9. The minimum absolute atomic E-state index is 0.244. The molecule has 0 aromatic heterocycles. The van der Waals surface area contributed by atoms with Crippen LogP contribution in [0.1, 0.15) is 45.4 Å². The Kier molecular flexibility index (Phi) is 4.82. The van der Waals surface area contributed by atoms with Gasteiger partial charge in [0, 0.05) is 6.04 Å². The lowest BCUT2D eigenvalue weighted by Crippen LogP contribution is -2.44. The van der Waals surface area contributed by atoms with Crippen molar-refractivity contribution in [1.29, 1.82) is 0 Å². The molecule has 0 aromatic rings. The monoisotopic (exact) mass is 214 g/mol. The van der Waals surface area contributed by atoms with Crippen molar-refractivity contribution >= 4 is 17.2 Å². The molecular formula is C11H22N2S. The van der Waals surface area contributed by atoms with Crippen LogP contribution in [0.15, 0.2) is 0 Å². The molecular weight excluding hydrogens is 192 g/mol. The molecule has 0 saturated heterocycles. The molecule has 1 aliphatic carbocycles. The summed E-state index contributed by atoms with van der Waals surface area (Å²) in [5, 5.41) is 0. The number of hydrogen-bond acceptors (Lipinski definition) is 2. The molecule has 2 N–H and O–H groups in total. The van der Waals surface area contributed by atoms with Gasteiger partial charge in [0.2, 0.25) is 0 Å². The van der Waals surface area contributed by atoms with Gasteiger partial charge in [-0.15, -0.1) is 0 Å². The van der Waals surface area contributed by atoms with E-state index in [1.54, 1.807) is 0 Å². The van der Waals surface area contributed by atoms with E-state index in [2.05, 4.69) is 18.9 Å². The highest BCUT2D eigenvalue weighted by molar-refractivity contribution is 7.80. The Hall–Kier alpha value is -0.150. The highest BCUT2D eigenvalue weighted by Gasteiger charge is 2.21. The van der Waals surface area contributed by atoms with E-state index in [9.17, 15) is 0 Å². The summed E-state index contributed by atoms with van der Waals surface area (Å²) in [6.07, 6.45) is 8.13. The molecule has 1 unspecified atom stereocenters. The number of thiocarbonyl (C=S) groups is 1. The molecule has 1 aliphatic rings. The van der Waals surface area contributed by atoms with Crippen molar-refractivity contribution in [2.45, 2.75) is 57.5 Å². The van der Waals surface area contributed by atoms with Crippen molar-refractivity contribution in [3.05, 3.63) is 0 Å². The van der Waals surface area contributed by atoms with Gasteiger partial charge in [0.05, 0.1) is 11.0 Å². The summed E-state index contributed by atoms with van der Waals surface area (Å²) in [5.74, 6) is 0. The van der Waals surface area contributed by atoms with Gasteiger partial charge in [0.1, 0.15) is 0 Å². The average molecular weight is 214 g/mol. The Morgan fingerprint density at radius 1 is 1.29 bits per heavy atom. The van der Waals surface area contributed by atoms with E-state index in [0.29, 0.717) is 11.0 Å². The summed E-state index contributed by atoms with van der Waals surface area (Å²) in [6.45, 7) is 2.10. The summed E-state index contributed by atoms with van der Waals surface area (Å²) < 4.78 is 0. The predicted molar refractivity (Wildman–Crippen MR) is 65.5 cm³/mol. The SMILES string of the molecule is CC(C(N)=S)N(C)C1CCCCCC1. The van der Waals surface area contributed by atoms with Crippen molar-refractivity contribution < 1.29 is 0 Å². The van der Waals surface area contributed by atoms with Crippen LogP contribution in [0.3, 0.4) is 0 Å². The van der Waals surface area contributed by atoms with Gasteiger partial charge in [-0.05, 0) is 26.8 Å². The van der Waals surface area contributed by atoms with Gasteiger partial charge >= 0.3 is 0 Å². The summed E-state index contributed by atoms with van der Waals surface area (Å²) in [7, 11) is 2.15. The van der Waals surface area contributed by atoms with Crippen LogP contribution in [0.25, 0.3) is 0 Å². The first-order chi connectivity index (χ1) is 6.63. The molecule has 1 fully saturated rings. The van der Waals surface area contributed by atoms with Crippen LogP contribution in [0.4, 0.5) is 0 Å². The molecule has 0 heterocycles. The predicted octanol–water partition coefficient (Wildman–Crippen LogP) is 2.32. The van der Waals surface area contributed by atoms with Crippen molar-refractivity contribution in [2.75, 3.05) is 7.05 Å². The Bertz CT molecular complexity index is 186. The lowest BCUT2D eigenvalue weighted by molar-refractivity contribution is 0.204. The number of nitrogens with zero attached hydrogens (tertiary/aromatic N) is 1. The van der Waals surface area contributed by atoms with Gasteiger partial charge in [-0.3, -0.25) is 4.90 Å². The second-order valence-corrected chi connectivity index (χ2v) is 4.86.